The molecule has 0 rings (SSSR count). The molecule has 0 aromatic carbocycles. The summed E-state index contributed by atoms with van der Waals surface area (Å²) in [4.78, 5) is 0. The van der Waals surface area contributed by atoms with Crippen molar-refractivity contribution in [3.8, 4) is 0 Å². The molecule has 0 aromatic rings. The van der Waals surface area contributed by atoms with Crippen molar-refractivity contribution >= 4 is 27.3 Å². The third kappa shape index (κ3) is 8.64. The summed E-state index contributed by atoms with van der Waals surface area (Å²) in [6.07, 6.45) is 2.19. The monoisotopic (exact) mass is 222 g/mol. The molecule has 0 saturated heterocycles. The lowest BCUT2D eigenvalue weighted by Crippen LogP contribution is -2.42. The Balaban J connectivity index is 4.23. The molecule has 2 nitrogen and oxygen atoms in total. The van der Waals surface area contributed by atoms with Gasteiger partial charge in [0.1, 0.15) is 8.24 Å². The summed E-state index contributed by atoms with van der Waals surface area (Å²) in [5, 5.41) is 0. The van der Waals surface area contributed by atoms with E-state index in [0.29, 0.717) is 0 Å². The van der Waals surface area contributed by atoms with Crippen LogP contribution in [0.2, 0.25) is 39.3 Å². The minimum Gasteiger partial charge on any atom is -0.291 e. The number of nitrogens with one attached hydrogen (secondary N) is 1. The second-order valence-electron chi connectivity index (χ2n) is 5.09. The van der Waals surface area contributed by atoms with Gasteiger partial charge in [-0.05, 0) is 19.6 Å². The molecule has 0 unspecified atom stereocenters. The Hall–Kier alpha value is 0.544. The van der Waals surface area contributed by atoms with Crippen LogP contribution in [-0.2, 0) is 10.9 Å². The molecule has 0 aliphatic carbocycles. The molecule has 0 aromatic heterocycles. The van der Waals surface area contributed by atoms with Crippen LogP contribution in [0.5, 0.6) is 0 Å². The summed E-state index contributed by atoms with van der Waals surface area (Å²) >= 11 is 0. The molecule has 5 heteroatoms. The van der Waals surface area contributed by atoms with Gasteiger partial charge in [-0.3, -0.25) is 8.42 Å². The Kier molecular flexibility index (Phi) is 4.36. The molecule has 0 radical (unpaired) electrons. The van der Waals surface area contributed by atoms with Gasteiger partial charge in [-0.15, -0.1) is 0 Å². The van der Waals surface area contributed by atoms with Crippen LogP contribution < -0.4 is 4.39 Å². The van der Waals surface area contributed by atoms with Crippen molar-refractivity contribution in [1.29, 1.82) is 0 Å². The first-order valence-corrected chi connectivity index (χ1v) is 12.8. The maximum atomic E-state index is 4.78. The number of rotatable bonds is 3. The Morgan fingerprint density at radius 2 is 1.42 bits per heavy atom. The zero-order valence-electron chi connectivity index (χ0n) is 9.36. The number of hydrogen-bond acceptors (Lipinski definition) is 1. The van der Waals surface area contributed by atoms with Crippen molar-refractivity contribution in [3.05, 3.63) is 0 Å². The van der Waals surface area contributed by atoms with E-state index in [-0.39, 0.29) is 10.9 Å². The zero-order valence-corrected chi connectivity index (χ0v) is 12.2. The molecular formula is C7H22N2SSi2. The van der Waals surface area contributed by atoms with Crippen LogP contribution in [0, 0.1) is 0 Å². The number of hydrogen-bond donors (Lipinski definition) is 1. The van der Waals surface area contributed by atoms with Gasteiger partial charge in [0.2, 0.25) is 0 Å². The van der Waals surface area contributed by atoms with Gasteiger partial charge < -0.3 is 0 Å². The van der Waals surface area contributed by atoms with Crippen molar-refractivity contribution in [2.45, 2.75) is 39.3 Å². The molecule has 0 saturated carbocycles. The molecule has 0 fully saturated rings. The average Bonchev–Trinajstić information content (AvgIpc) is 1.49. The Morgan fingerprint density at radius 3 is 1.67 bits per heavy atom. The van der Waals surface area contributed by atoms with Crippen molar-refractivity contribution in [1.82, 2.24) is 4.39 Å². The van der Waals surface area contributed by atoms with E-state index in [0.717, 1.165) is 0 Å². The van der Waals surface area contributed by atoms with Crippen molar-refractivity contribution < 1.29 is 0 Å². The van der Waals surface area contributed by atoms with Gasteiger partial charge in [0.05, 0.1) is 0 Å². The molecular weight excluding hydrogens is 200 g/mol. The van der Waals surface area contributed by atoms with Crippen LogP contribution in [-0.4, -0.2) is 22.7 Å². The highest BCUT2D eigenvalue weighted by Gasteiger charge is 2.16. The second kappa shape index (κ2) is 4.17. The SMILES string of the molecule is C/[S@@](=N\[Si](C)(C)C)N[Si](C)(C)C. The first kappa shape index (κ1) is 12.5. The first-order chi connectivity index (χ1) is 5.10. The largest absolute Gasteiger partial charge is 0.291 e. The molecule has 74 valence electrons. The fourth-order valence-corrected chi connectivity index (χ4v) is 8.30. The van der Waals surface area contributed by atoms with E-state index < -0.39 is 16.5 Å². The third-order valence-electron chi connectivity index (χ3n) is 0.865. The van der Waals surface area contributed by atoms with Crippen LogP contribution in [0.1, 0.15) is 0 Å². The van der Waals surface area contributed by atoms with E-state index in [4.69, 9.17) is 4.03 Å². The van der Waals surface area contributed by atoms with E-state index in [1.807, 2.05) is 0 Å². The fraction of sp³-hybridized carbons (Fsp3) is 1.00. The molecule has 0 amide bonds. The van der Waals surface area contributed by atoms with Gasteiger partial charge >= 0.3 is 0 Å². The quantitative estimate of drug-likeness (QED) is 0.730. The van der Waals surface area contributed by atoms with Crippen LogP contribution in [0.25, 0.3) is 0 Å². The van der Waals surface area contributed by atoms with E-state index in [9.17, 15) is 0 Å². The molecule has 1 N–H and O–H groups in total. The maximum Gasteiger partial charge on any atom is 0.183 e. The summed E-state index contributed by atoms with van der Waals surface area (Å²) in [6.45, 7) is 13.8. The lowest BCUT2D eigenvalue weighted by Gasteiger charge is -2.20. The van der Waals surface area contributed by atoms with Gasteiger partial charge in [-0.2, -0.15) is 0 Å². The van der Waals surface area contributed by atoms with E-state index in [1.54, 1.807) is 0 Å². The van der Waals surface area contributed by atoms with Crippen molar-refractivity contribution in [2.75, 3.05) is 6.26 Å². The Morgan fingerprint density at radius 1 is 1.00 bits per heavy atom. The van der Waals surface area contributed by atoms with Crippen molar-refractivity contribution in [3.63, 3.8) is 0 Å². The predicted octanol–water partition coefficient (Wildman–Crippen LogP) is 2.59. The molecule has 1 atom stereocenters. The van der Waals surface area contributed by atoms with Crippen molar-refractivity contribution in [2.24, 2.45) is 4.03 Å². The van der Waals surface area contributed by atoms with E-state index in [1.165, 1.54) is 0 Å². The third-order valence-corrected chi connectivity index (χ3v) is 7.78. The fourth-order valence-electron chi connectivity index (χ4n) is 0.877. The van der Waals surface area contributed by atoms with Gasteiger partial charge in [0.25, 0.3) is 0 Å². The summed E-state index contributed by atoms with van der Waals surface area (Å²) in [7, 11) is -2.26. The molecule has 0 bridgehead atoms. The summed E-state index contributed by atoms with van der Waals surface area (Å²) in [5.41, 5.74) is 0. The minimum absolute atomic E-state index is 0.0895. The second-order valence-corrected chi connectivity index (χ2v) is 16.4. The minimum atomic E-state index is -1.22. The zero-order chi connectivity index (χ0) is 9.99. The molecule has 12 heavy (non-hydrogen) atoms. The standard InChI is InChI=1S/C7H22N2SSi2/c1-10(8-11(2,3)4)9-12(5,6)7/h1-7H3,(H,8,9). The normalized spacial score (nSPS) is 16.6. The summed E-state index contributed by atoms with van der Waals surface area (Å²) in [5.74, 6) is 0. The topological polar surface area (TPSA) is 24.4 Å². The molecule has 0 aliphatic rings. The van der Waals surface area contributed by atoms with Crippen LogP contribution in [0.3, 0.4) is 0 Å². The highest BCUT2D eigenvalue weighted by atomic mass is 32.2. The highest BCUT2D eigenvalue weighted by Crippen LogP contribution is 2.04. The number of nitrogens with zero attached hydrogens (tertiary/aromatic N) is 1. The maximum absolute atomic E-state index is 4.78. The van der Waals surface area contributed by atoms with Crippen LogP contribution in [0.4, 0.5) is 0 Å². The van der Waals surface area contributed by atoms with E-state index >= 15 is 0 Å². The predicted molar refractivity (Wildman–Crippen MR) is 65.5 cm³/mol. The summed E-state index contributed by atoms with van der Waals surface area (Å²) < 4.78 is 8.40. The molecule has 0 heterocycles. The Bertz CT molecular complexity index is 179. The van der Waals surface area contributed by atoms with Gasteiger partial charge in [-0.1, -0.05) is 30.5 Å². The van der Waals surface area contributed by atoms with Gasteiger partial charge in [-0.25, -0.2) is 0 Å². The average molecular weight is 223 g/mol. The molecule has 0 spiro atoms. The van der Waals surface area contributed by atoms with Gasteiger partial charge in [0, 0.05) is 6.26 Å². The first-order valence-electron chi connectivity index (χ1n) is 4.27. The lowest BCUT2D eigenvalue weighted by atomic mass is 11.8. The molecule has 0 aliphatic heterocycles. The summed E-state index contributed by atoms with van der Waals surface area (Å²) in [6, 6.07) is 0. The van der Waals surface area contributed by atoms with Gasteiger partial charge in [0.15, 0.2) is 8.24 Å². The van der Waals surface area contributed by atoms with Crippen LogP contribution in [0.15, 0.2) is 4.03 Å². The van der Waals surface area contributed by atoms with Crippen LogP contribution >= 0.6 is 0 Å². The highest BCUT2D eigenvalue weighted by molar-refractivity contribution is 7.86. The van der Waals surface area contributed by atoms with E-state index in [2.05, 4.69) is 49.9 Å². The lowest BCUT2D eigenvalue weighted by molar-refractivity contribution is 1.43. The Labute approximate surface area is 81.6 Å². The smallest absolute Gasteiger partial charge is 0.183 e.